The van der Waals surface area contributed by atoms with Crippen LogP contribution in [0.4, 0.5) is 18.9 Å². The molecule has 20 heavy (non-hydrogen) atoms. The van der Waals surface area contributed by atoms with Crippen molar-refractivity contribution in [3.63, 3.8) is 0 Å². The third-order valence-corrected chi connectivity index (χ3v) is 3.90. The lowest BCUT2D eigenvalue weighted by atomic mass is 10.2. The van der Waals surface area contributed by atoms with Crippen molar-refractivity contribution >= 4 is 39.9 Å². The Morgan fingerprint density at radius 3 is 2.60 bits per heavy atom. The largest absolute Gasteiger partial charge is 0.416 e. The maximum absolute atomic E-state index is 12.5. The molecule has 0 aromatic heterocycles. The third kappa shape index (κ3) is 5.38. The van der Waals surface area contributed by atoms with E-state index in [1.807, 2.05) is 0 Å². The van der Waals surface area contributed by atoms with Gasteiger partial charge in [0, 0.05) is 19.8 Å². The molecular formula is C12H13F3N2OS2. The topological polar surface area (TPSA) is 32.3 Å². The number of carbonyl (C=O) groups excluding carboxylic acids is 1. The van der Waals surface area contributed by atoms with E-state index in [2.05, 4.69) is 5.32 Å². The Morgan fingerprint density at radius 2 is 2.05 bits per heavy atom. The number of rotatable bonds is 3. The summed E-state index contributed by atoms with van der Waals surface area (Å²) in [6.07, 6.45) is -4.43. The molecular weight excluding hydrogens is 309 g/mol. The molecule has 110 valence electrons. The van der Waals surface area contributed by atoms with Crippen molar-refractivity contribution in [1.29, 1.82) is 0 Å². The summed E-state index contributed by atoms with van der Waals surface area (Å²) >= 11 is 6.14. The van der Waals surface area contributed by atoms with Crippen molar-refractivity contribution in [1.82, 2.24) is 4.90 Å². The molecule has 0 spiro atoms. The summed E-state index contributed by atoms with van der Waals surface area (Å²) in [6, 6.07) is 4.50. The van der Waals surface area contributed by atoms with E-state index in [1.165, 1.54) is 12.1 Å². The summed E-state index contributed by atoms with van der Waals surface area (Å²) in [5.41, 5.74) is -0.687. The van der Waals surface area contributed by atoms with Gasteiger partial charge in [0.25, 0.3) is 0 Å². The first-order chi connectivity index (χ1) is 9.20. The van der Waals surface area contributed by atoms with Gasteiger partial charge in [-0.2, -0.15) is 13.2 Å². The van der Waals surface area contributed by atoms with Gasteiger partial charge in [0.15, 0.2) is 0 Å². The average molecular weight is 322 g/mol. The van der Waals surface area contributed by atoms with Crippen molar-refractivity contribution in [2.45, 2.75) is 6.18 Å². The number of carbonyl (C=O) groups is 1. The molecule has 0 fully saturated rings. The van der Waals surface area contributed by atoms with Gasteiger partial charge < -0.3 is 10.2 Å². The number of benzene rings is 1. The molecule has 0 atom stereocenters. The average Bonchev–Trinajstić information content (AvgIpc) is 2.35. The fourth-order valence-corrected chi connectivity index (χ4v) is 1.99. The first-order valence-electron chi connectivity index (χ1n) is 5.51. The minimum Gasteiger partial charge on any atom is -0.364 e. The monoisotopic (exact) mass is 322 g/mol. The van der Waals surface area contributed by atoms with Crippen molar-refractivity contribution in [3.05, 3.63) is 29.8 Å². The molecule has 0 heterocycles. The van der Waals surface area contributed by atoms with E-state index in [4.69, 9.17) is 12.2 Å². The van der Waals surface area contributed by atoms with Crippen LogP contribution in [0.25, 0.3) is 0 Å². The quantitative estimate of drug-likeness (QED) is 0.866. The predicted molar refractivity (Wildman–Crippen MR) is 78.8 cm³/mol. The Balaban J connectivity index is 2.61. The smallest absolute Gasteiger partial charge is 0.364 e. The van der Waals surface area contributed by atoms with Gasteiger partial charge in [-0.1, -0.05) is 30.0 Å². The highest BCUT2D eigenvalue weighted by Crippen LogP contribution is 2.30. The second-order valence-corrected chi connectivity index (χ2v) is 5.68. The molecule has 0 saturated carbocycles. The molecule has 0 aliphatic rings. The summed E-state index contributed by atoms with van der Waals surface area (Å²) in [6.45, 7) is 0. The summed E-state index contributed by atoms with van der Waals surface area (Å²) in [5.74, 6) is -0.355. The van der Waals surface area contributed by atoms with Gasteiger partial charge in [-0.15, -0.1) is 0 Å². The van der Waals surface area contributed by atoms with Crippen LogP contribution in [-0.4, -0.2) is 35.0 Å². The standard InChI is InChI=1S/C12H13F3N2OS2/c1-17(2)11(19)20-7-10(18)16-9-5-3-4-8(6-9)12(13,14)15/h3-6H,7H2,1-2H3,(H,16,18). The van der Waals surface area contributed by atoms with Crippen molar-refractivity contribution in [2.75, 3.05) is 25.2 Å². The zero-order valence-corrected chi connectivity index (χ0v) is 12.5. The zero-order valence-electron chi connectivity index (χ0n) is 10.8. The first kappa shape index (κ1) is 16.8. The number of amides is 1. The van der Waals surface area contributed by atoms with Crippen LogP contribution in [0, 0.1) is 0 Å². The van der Waals surface area contributed by atoms with Crippen molar-refractivity contribution in [3.8, 4) is 0 Å². The molecule has 0 radical (unpaired) electrons. The number of thioether (sulfide) groups is 1. The van der Waals surface area contributed by atoms with Crippen LogP contribution in [0.2, 0.25) is 0 Å². The molecule has 8 heteroatoms. The van der Waals surface area contributed by atoms with Crippen LogP contribution >= 0.6 is 24.0 Å². The summed E-state index contributed by atoms with van der Waals surface area (Å²) < 4.78 is 38.1. The first-order valence-corrected chi connectivity index (χ1v) is 6.90. The van der Waals surface area contributed by atoms with Crippen molar-refractivity contribution < 1.29 is 18.0 Å². The Kier molecular flexibility index (Phi) is 5.82. The van der Waals surface area contributed by atoms with Gasteiger partial charge in [0.2, 0.25) is 5.91 Å². The molecule has 3 nitrogen and oxygen atoms in total. The lowest BCUT2D eigenvalue weighted by Crippen LogP contribution is -2.21. The Bertz CT molecular complexity index is 504. The molecule has 1 rings (SSSR count). The fraction of sp³-hybridized carbons (Fsp3) is 0.333. The van der Waals surface area contributed by atoms with Gasteiger partial charge >= 0.3 is 6.18 Å². The van der Waals surface area contributed by atoms with E-state index in [1.54, 1.807) is 19.0 Å². The molecule has 1 aromatic rings. The van der Waals surface area contributed by atoms with E-state index in [9.17, 15) is 18.0 Å². The van der Waals surface area contributed by atoms with Crippen LogP contribution in [0.3, 0.4) is 0 Å². The summed E-state index contributed by atoms with van der Waals surface area (Å²) in [4.78, 5) is 13.3. The number of nitrogens with zero attached hydrogens (tertiary/aromatic N) is 1. The number of thiocarbonyl (C=S) groups is 1. The van der Waals surface area contributed by atoms with Crippen LogP contribution < -0.4 is 5.32 Å². The van der Waals surface area contributed by atoms with Crippen LogP contribution in [0.15, 0.2) is 24.3 Å². The zero-order chi connectivity index (χ0) is 15.3. The summed E-state index contributed by atoms with van der Waals surface area (Å²) in [7, 11) is 3.50. The Hall–Kier alpha value is -1.28. The lowest BCUT2D eigenvalue weighted by Gasteiger charge is -2.13. The Labute approximate surface area is 124 Å². The highest BCUT2D eigenvalue weighted by Gasteiger charge is 2.30. The third-order valence-electron chi connectivity index (χ3n) is 2.17. The number of nitrogens with one attached hydrogen (secondary N) is 1. The summed E-state index contributed by atoms with van der Waals surface area (Å²) in [5, 5.41) is 2.41. The molecule has 0 aliphatic carbocycles. The number of halogens is 3. The van der Waals surface area contributed by atoms with Gasteiger partial charge in [-0.3, -0.25) is 4.79 Å². The maximum Gasteiger partial charge on any atom is 0.416 e. The van der Waals surface area contributed by atoms with E-state index >= 15 is 0 Å². The fourth-order valence-electron chi connectivity index (χ4n) is 1.23. The minimum absolute atomic E-state index is 0.0489. The highest BCUT2D eigenvalue weighted by atomic mass is 32.2. The van der Waals surface area contributed by atoms with Crippen LogP contribution in [0.1, 0.15) is 5.56 Å². The van der Waals surface area contributed by atoms with Gasteiger partial charge in [0.1, 0.15) is 4.32 Å². The number of hydrogen-bond donors (Lipinski definition) is 1. The molecule has 0 saturated heterocycles. The molecule has 1 aromatic carbocycles. The number of alkyl halides is 3. The SMILES string of the molecule is CN(C)C(=S)SCC(=O)Nc1cccc(C(F)(F)F)c1. The van der Waals surface area contributed by atoms with Crippen LogP contribution in [0.5, 0.6) is 0 Å². The molecule has 0 bridgehead atoms. The highest BCUT2D eigenvalue weighted by molar-refractivity contribution is 8.23. The van der Waals surface area contributed by atoms with E-state index in [0.29, 0.717) is 4.32 Å². The second kappa shape index (κ2) is 6.94. The normalized spacial score (nSPS) is 11.1. The van der Waals surface area contributed by atoms with E-state index in [-0.39, 0.29) is 11.4 Å². The molecule has 0 unspecified atom stereocenters. The molecule has 1 N–H and O–H groups in total. The predicted octanol–water partition coefficient (Wildman–Crippen LogP) is 3.22. The molecule has 0 aliphatic heterocycles. The van der Waals surface area contributed by atoms with Crippen LogP contribution in [-0.2, 0) is 11.0 Å². The van der Waals surface area contributed by atoms with E-state index in [0.717, 1.165) is 23.9 Å². The molecule has 1 amide bonds. The minimum atomic E-state index is -4.43. The second-order valence-electron chi connectivity index (χ2n) is 4.08. The number of hydrogen-bond acceptors (Lipinski definition) is 3. The lowest BCUT2D eigenvalue weighted by molar-refractivity contribution is -0.137. The van der Waals surface area contributed by atoms with Crippen molar-refractivity contribution in [2.24, 2.45) is 0 Å². The van der Waals surface area contributed by atoms with Gasteiger partial charge in [-0.25, -0.2) is 0 Å². The van der Waals surface area contributed by atoms with E-state index < -0.39 is 17.6 Å². The Morgan fingerprint density at radius 1 is 1.40 bits per heavy atom. The van der Waals surface area contributed by atoms with Gasteiger partial charge in [0.05, 0.1) is 11.3 Å². The van der Waals surface area contributed by atoms with Gasteiger partial charge in [-0.05, 0) is 18.2 Å². The maximum atomic E-state index is 12.5. The number of anilines is 1.